The van der Waals surface area contributed by atoms with E-state index in [1.807, 2.05) is 24.5 Å². The van der Waals surface area contributed by atoms with E-state index in [0.717, 1.165) is 30.7 Å². The van der Waals surface area contributed by atoms with Crippen LogP contribution in [0.15, 0.2) is 36.7 Å². The fourth-order valence-corrected chi connectivity index (χ4v) is 5.44. The number of carbonyl (C=O) groups excluding carboxylic acids is 1. The van der Waals surface area contributed by atoms with Gasteiger partial charge in [0.2, 0.25) is 0 Å². The van der Waals surface area contributed by atoms with Gasteiger partial charge in [0.05, 0.1) is 13.2 Å². The molecule has 202 valence electrons. The molecule has 1 saturated heterocycles. The molecule has 37 heavy (non-hydrogen) atoms. The molecule has 0 spiro atoms. The van der Waals surface area contributed by atoms with Crippen LogP contribution in [0.5, 0.6) is 5.75 Å². The standard InChI is InChI=1S/C31H44N2O4/c1-3-5-7-9-23-11-13-24(14-12-23)26-19-32-30(33-20-26)25-15-17-28(18-16-25)37-31(34)27-21-35-29(36-22-27)10-8-6-4-2/h15-20,23-24,27,29H,3-14,21-22H2,1-2H3/t23-,24-,27-,29-. The number of carbonyl (C=O) groups is 1. The molecular formula is C31H44N2O4. The maximum atomic E-state index is 12.6. The van der Waals surface area contributed by atoms with Gasteiger partial charge in [0.1, 0.15) is 11.7 Å². The van der Waals surface area contributed by atoms with Crippen molar-refractivity contribution in [3.05, 3.63) is 42.2 Å². The summed E-state index contributed by atoms with van der Waals surface area (Å²) in [7, 11) is 0. The third kappa shape index (κ3) is 8.34. The van der Waals surface area contributed by atoms with Crippen molar-refractivity contribution in [2.24, 2.45) is 11.8 Å². The Morgan fingerprint density at radius 2 is 1.49 bits per heavy atom. The quantitative estimate of drug-likeness (QED) is 0.168. The molecule has 1 aliphatic heterocycles. The summed E-state index contributed by atoms with van der Waals surface area (Å²) in [5.74, 6) is 1.97. The third-order valence-corrected chi connectivity index (χ3v) is 7.88. The summed E-state index contributed by atoms with van der Waals surface area (Å²) in [6.45, 7) is 5.13. The zero-order valence-electron chi connectivity index (χ0n) is 22.7. The van der Waals surface area contributed by atoms with E-state index in [2.05, 4.69) is 23.8 Å². The van der Waals surface area contributed by atoms with E-state index in [0.29, 0.717) is 30.7 Å². The van der Waals surface area contributed by atoms with Crippen molar-refractivity contribution in [1.82, 2.24) is 9.97 Å². The molecule has 4 rings (SSSR count). The topological polar surface area (TPSA) is 70.5 Å². The lowest BCUT2D eigenvalue weighted by Gasteiger charge is -2.28. The fraction of sp³-hybridized carbons (Fsp3) is 0.645. The molecule has 6 heteroatoms. The van der Waals surface area contributed by atoms with Crippen LogP contribution >= 0.6 is 0 Å². The van der Waals surface area contributed by atoms with E-state index in [9.17, 15) is 4.79 Å². The van der Waals surface area contributed by atoms with Gasteiger partial charge in [-0.1, -0.05) is 52.4 Å². The molecule has 0 N–H and O–H groups in total. The van der Waals surface area contributed by atoms with E-state index in [4.69, 9.17) is 14.2 Å². The average Bonchev–Trinajstić information content (AvgIpc) is 2.95. The summed E-state index contributed by atoms with van der Waals surface area (Å²) >= 11 is 0. The van der Waals surface area contributed by atoms with E-state index >= 15 is 0 Å². The SMILES string of the molecule is CCCCC[C@H]1CC[C@H](c2cnc(-c3ccc(OC(=O)[C@H]4CO[C@H](CCCCC)OC4)cc3)nc2)CC1. The number of aromatic nitrogens is 2. The minimum absolute atomic E-state index is 0.202. The molecule has 1 aromatic heterocycles. The van der Waals surface area contributed by atoms with E-state index in [1.165, 1.54) is 63.4 Å². The van der Waals surface area contributed by atoms with Crippen LogP contribution in [0.4, 0.5) is 0 Å². The highest BCUT2D eigenvalue weighted by Crippen LogP contribution is 2.37. The Bertz CT molecular complexity index is 931. The van der Waals surface area contributed by atoms with Gasteiger partial charge in [0, 0.05) is 18.0 Å². The summed E-state index contributed by atoms with van der Waals surface area (Å²) in [4.78, 5) is 21.9. The van der Waals surface area contributed by atoms with Crippen LogP contribution in [-0.2, 0) is 14.3 Å². The van der Waals surface area contributed by atoms with Gasteiger partial charge in [-0.3, -0.25) is 4.79 Å². The molecule has 2 fully saturated rings. The molecule has 6 nitrogen and oxygen atoms in total. The monoisotopic (exact) mass is 508 g/mol. The zero-order chi connectivity index (χ0) is 25.9. The largest absolute Gasteiger partial charge is 0.426 e. The zero-order valence-corrected chi connectivity index (χ0v) is 22.7. The van der Waals surface area contributed by atoms with Crippen LogP contribution < -0.4 is 4.74 Å². The molecular weight excluding hydrogens is 464 g/mol. The Hall–Kier alpha value is -2.31. The van der Waals surface area contributed by atoms with Crippen molar-refractivity contribution in [1.29, 1.82) is 0 Å². The van der Waals surface area contributed by atoms with Gasteiger partial charge in [-0.2, -0.15) is 0 Å². The first kappa shape index (κ1) is 27.7. The molecule has 0 radical (unpaired) electrons. The number of nitrogens with zero attached hydrogens (tertiary/aromatic N) is 2. The fourth-order valence-electron chi connectivity index (χ4n) is 5.44. The molecule has 0 bridgehead atoms. The Balaban J connectivity index is 1.22. The first-order chi connectivity index (χ1) is 18.2. The normalized spacial score (nSPS) is 24.1. The molecule has 2 heterocycles. The van der Waals surface area contributed by atoms with Crippen molar-refractivity contribution in [2.75, 3.05) is 13.2 Å². The summed E-state index contributed by atoms with van der Waals surface area (Å²) in [5.41, 5.74) is 2.16. The number of hydrogen-bond donors (Lipinski definition) is 0. The molecule has 1 aromatic carbocycles. The number of esters is 1. The van der Waals surface area contributed by atoms with Gasteiger partial charge < -0.3 is 14.2 Å². The van der Waals surface area contributed by atoms with E-state index in [1.54, 1.807) is 12.1 Å². The van der Waals surface area contributed by atoms with Crippen molar-refractivity contribution < 1.29 is 19.0 Å². The smallest absolute Gasteiger partial charge is 0.319 e. The second-order valence-corrected chi connectivity index (χ2v) is 10.8. The van der Waals surface area contributed by atoms with Crippen molar-refractivity contribution in [3.63, 3.8) is 0 Å². The van der Waals surface area contributed by atoms with Gasteiger partial charge in [0.25, 0.3) is 0 Å². The van der Waals surface area contributed by atoms with Crippen LogP contribution in [0.2, 0.25) is 0 Å². The number of unbranched alkanes of at least 4 members (excludes halogenated alkanes) is 4. The third-order valence-electron chi connectivity index (χ3n) is 7.88. The van der Waals surface area contributed by atoms with E-state index in [-0.39, 0.29) is 12.3 Å². The molecule has 1 saturated carbocycles. The minimum atomic E-state index is -0.399. The lowest BCUT2D eigenvalue weighted by molar-refractivity contribution is -0.208. The first-order valence-electron chi connectivity index (χ1n) is 14.5. The van der Waals surface area contributed by atoms with Crippen LogP contribution in [0.3, 0.4) is 0 Å². The van der Waals surface area contributed by atoms with Crippen LogP contribution in [0, 0.1) is 11.8 Å². The Labute approximate surface area is 222 Å². The summed E-state index contributed by atoms with van der Waals surface area (Å²) < 4.78 is 17.0. The molecule has 0 amide bonds. The highest BCUT2D eigenvalue weighted by Gasteiger charge is 2.29. The number of hydrogen-bond acceptors (Lipinski definition) is 6. The maximum absolute atomic E-state index is 12.6. The van der Waals surface area contributed by atoms with Gasteiger partial charge in [-0.15, -0.1) is 0 Å². The summed E-state index contributed by atoms with van der Waals surface area (Å²) in [6.07, 6.45) is 18.7. The molecule has 1 aliphatic carbocycles. The van der Waals surface area contributed by atoms with Gasteiger partial charge in [-0.05, 0) is 80.2 Å². The number of benzene rings is 1. The van der Waals surface area contributed by atoms with Crippen molar-refractivity contribution in [3.8, 4) is 17.1 Å². The second kappa shape index (κ2) is 14.6. The molecule has 0 unspecified atom stereocenters. The minimum Gasteiger partial charge on any atom is -0.426 e. The molecule has 2 aliphatic rings. The molecule has 2 aromatic rings. The van der Waals surface area contributed by atoms with Crippen LogP contribution in [-0.4, -0.2) is 35.4 Å². The van der Waals surface area contributed by atoms with Gasteiger partial charge in [-0.25, -0.2) is 9.97 Å². The first-order valence-corrected chi connectivity index (χ1v) is 14.5. The lowest BCUT2D eigenvalue weighted by atomic mass is 9.77. The highest BCUT2D eigenvalue weighted by atomic mass is 16.7. The number of rotatable bonds is 12. The summed E-state index contributed by atoms with van der Waals surface area (Å²) in [5, 5.41) is 0. The van der Waals surface area contributed by atoms with Crippen molar-refractivity contribution >= 4 is 5.97 Å². The Kier molecular flexibility index (Phi) is 10.9. The average molecular weight is 509 g/mol. The van der Waals surface area contributed by atoms with Crippen molar-refractivity contribution in [2.45, 2.75) is 103 Å². The van der Waals surface area contributed by atoms with Gasteiger partial charge >= 0.3 is 5.97 Å². The molecule has 0 atom stereocenters. The number of ether oxygens (including phenoxy) is 3. The highest BCUT2D eigenvalue weighted by molar-refractivity contribution is 5.75. The Morgan fingerprint density at radius 1 is 0.865 bits per heavy atom. The predicted octanol–water partition coefficient (Wildman–Crippen LogP) is 7.47. The predicted molar refractivity (Wildman–Crippen MR) is 145 cm³/mol. The van der Waals surface area contributed by atoms with Gasteiger partial charge in [0.15, 0.2) is 12.1 Å². The van der Waals surface area contributed by atoms with Crippen LogP contribution in [0.25, 0.3) is 11.4 Å². The van der Waals surface area contributed by atoms with E-state index < -0.39 is 5.92 Å². The Morgan fingerprint density at radius 3 is 2.11 bits per heavy atom. The lowest BCUT2D eigenvalue weighted by Crippen LogP contribution is -2.38. The summed E-state index contributed by atoms with van der Waals surface area (Å²) in [6, 6.07) is 7.39. The maximum Gasteiger partial charge on any atom is 0.319 e. The van der Waals surface area contributed by atoms with Crippen LogP contribution in [0.1, 0.15) is 102 Å². The second-order valence-electron chi connectivity index (χ2n) is 10.8.